The molecule has 4 rings (SSSR count). The number of nitrogens with zero attached hydrogens (tertiary/aromatic N) is 1. The Morgan fingerprint density at radius 3 is 2.50 bits per heavy atom. The van der Waals surface area contributed by atoms with Gasteiger partial charge in [-0.3, -0.25) is 9.59 Å². The van der Waals surface area contributed by atoms with Crippen molar-refractivity contribution in [2.24, 2.45) is 0 Å². The van der Waals surface area contributed by atoms with Gasteiger partial charge >= 0.3 is 0 Å². The molecule has 3 aromatic rings. The van der Waals surface area contributed by atoms with Crippen LogP contribution in [-0.4, -0.2) is 28.8 Å². The molecule has 30 heavy (non-hydrogen) atoms. The van der Waals surface area contributed by atoms with Crippen LogP contribution in [0, 0.1) is 0 Å². The van der Waals surface area contributed by atoms with Gasteiger partial charge < -0.3 is 19.2 Å². The topological polar surface area (TPSA) is 80.0 Å². The second-order valence-electron chi connectivity index (χ2n) is 6.76. The van der Waals surface area contributed by atoms with Gasteiger partial charge in [0.05, 0.1) is 31.5 Å². The number of furan rings is 1. The number of carbonyl (C=O) groups excluding carboxylic acids is 2. The lowest BCUT2D eigenvalue weighted by Crippen LogP contribution is -2.29. The van der Waals surface area contributed by atoms with E-state index in [2.05, 4.69) is 15.9 Å². The molecular formula is C23H18BrNO5. The number of aliphatic hydroxyl groups is 1. The third kappa shape index (κ3) is 3.52. The van der Waals surface area contributed by atoms with Gasteiger partial charge in [0.2, 0.25) is 0 Å². The van der Waals surface area contributed by atoms with E-state index in [-0.39, 0.29) is 17.9 Å². The van der Waals surface area contributed by atoms with Gasteiger partial charge in [-0.05, 0) is 30.3 Å². The number of hydrogen-bond acceptors (Lipinski definition) is 5. The van der Waals surface area contributed by atoms with Crippen molar-refractivity contribution in [2.75, 3.05) is 7.11 Å². The number of methoxy groups -OCH3 is 1. The van der Waals surface area contributed by atoms with Gasteiger partial charge in [0.1, 0.15) is 17.3 Å². The van der Waals surface area contributed by atoms with Crippen molar-refractivity contribution in [1.82, 2.24) is 4.90 Å². The number of carbonyl (C=O) groups is 2. The van der Waals surface area contributed by atoms with Crippen molar-refractivity contribution in [1.29, 1.82) is 0 Å². The smallest absolute Gasteiger partial charge is 0.296 e. The fourth-order valence-corrected chi connectivity index (χ4v) is 3.86. The van der Waals surface area contributed by atoms with Crippen molar-refractivity contribution >= 4 is 33.4 Å². The van der Waals surface area contributed by atoms with Gasteiger partial charge in [0, 0.05) is 15.6 Å². The summed E-state index contributed by atoms with van der Waals surface area (Å²) in [5.74, 6) is -0.659. The van der Waals surface area contributed by atoms with Crippen molar-refractivity contribution in [2.45, 2.75) is 12.6 Å². The molecule has 0 spiro atoms. The van der Waals surface area contributed by atoms with E-state index in [1.807, 2.05) is 0 Å². The molecule has 7 heteroatoms. The summed E-state index contributed by atoms with van der Waals surface area (Å²) in [4.78, 5) is 27.4. The van der Waals surface area contributed by atoms with Crippen molar-refractivity contribution in [3.8, 4) is 5.75 Å². The fraction of sp³-hybridized carbons (Fsp3) is 0.130. The van der Waals surface area contributed by atoms with Crippen LogP contribution in [0.15, 0.2) is 81.4 Å². The Kier molecular flexibility index (Phi) is 5.46. The SMILES string of the molecule is COc1ccccc1C1/C(=C(/O)c2ccc(Br)cc2)C(=O)C(=O)N1Cc1ccco1. The maximum Gasteiger partial charge on any atom is 0.296 e. The number of likely N-dealkylation sites (tertiary alicyclic amines) is 1. The van der Waals surface area contributed by atoms with Crippen LogP contribution in [0.3, 0.4) is 0 Å². The van der Waals surface area contributed by atoms with E-state index in [4.69, 9.17) is 9.15 Å². The fourth-order valence-electron chi connectivity index (χ4n) is 3.59. The molecule has 1 aromatic heterocycles. The van der Waals surface area contributed by atoms with Gasteiger partial charge in [0.25, 0.3) is 11.7 Å². The molecule has 0 aliphatic carbocycles. The summed E-state index contributed by atoms with van der Waals surface area (Å²) >= 11 is 3.36. The number of hydrogen-bond donors (Lipinski definition) is 1. The summed E-state index contributed by atoms with van der Waals surface area (Å²) in [6, 6.07) is 16.6. The molecule has 1 fully saturated rings. The van der Waals surface area contributed by atoms with Crippen LogP contribution >= 0.6 is 15.9 Å². The third-order valence-corrected chi connectivity index (χ3v) is 5.53. The molecular weight excluding hydrogens is 450 g/mol. The second kappa shape index (κ2) is 8.20. The summed E-state index contributed by atoms with van der Waals surface area (Å²) in [5.41, 5.74) is 1.05. The summed E-state index contributed by atoms with van der Waals surface area (Å²) < 4.78 is 11.7. The molecule has 1 N–H and O–H groups in total. The zero-order chi connectivity index (χ0) is 21.3. The lowest BCUT2D eigenvalue weighted by atomic mass is 9.94. The highest BCUT2D eigenvalue weighted by molar-refractivity contribution is 9.10. The Bertz CT molecular complexity index is 1120. The van der Waals surface area contributed by atoms with Crippen LogP contribution < -0.4 is 4.74 Å². The highest BCUT2D eigenvalue weighted by atomic mass is 79.9. The average molecular weight is 468 g/mol. The Labute approximate surface area is 181 Å². The number of ketones is 1. The molecule has 1 aliphatic heterocycles. The first-order valence-corrected chi connectivity index (χ1v) is 10.00. The van der Waals surface area contributed by atoms with Gasteiger partial charge in [0.15, 0.2) is 0 Å². The predicted octanol–water partition coefficient (Wildman–Crippen LogP) is 4.67. The van der Waals surface area contributed by atoms with Gasteiger partial charge in [-0.2, -0.15) is 0 Å². The maximum atomic E-state index is 13.0. The number of ether oxygens (including phenoxy) is 1. The summed E-state index contributed by atoms with van der Waals surface area (Å²) in [5, 5.41) is 11.0. The molecule has 2 heterocycles. The van der Waals surface area contributed by atoms with E-state index in [0.717, 1.165) is 4.47 Å². The number of benzene rings is 2. The lowest BCUT2D eigenvalue weighted by Gasteiger charge is -2.25. The first-order valence-electron chi connectivity index (χ1n) is 9.21. The van der Waals surface area contributed by atoms with Gasteiger partial charge in [-0.1, -0.05) is 46.3 Å². The van der Waals surface area contributed by atoms with Crippen LogP contribution in [0.25, 0.3) is 5.76 Å². The van der Waals surface area contributed by atoms with Gasteiger partial charge in [-0.25, -0.2) is 0 Å². The predicted molar refractivity (Wildman–Crippen MR) is 114 cm³/mol. The minimum absolute atomic E-state index is 0.0124. The number of Topliss-reactive ketones (excluding diaryl/α,β-unsaturated/α-hetero) is 1. The molecule has 2 aromatic carbocycles. The zero-order valence-corrected chi connectivity index (χ0v) is 17.6. The first-order chi connectivity index (χ1) is 14.5. The highest BCUT2D eigenvalue weighted by Gasteiger charge is 2.47. The lowest BCUT2D eigenvalue weighted by molar-refractivity contribution is -0.140. The van der Waals surface area contributed by atoms with Crippen LogP contribution in [0.2, 0.25) is 0 Å². The quantitative estimate of drug-likeness (QED) is 0.335. The van der Waals surface area contributed by atoms with Crippen molar-refractivity contribution in [3.05, 3.63) is 93.9 Å². The Hall–Kier alpha value is -3.32. The molecule has 0 saturated carbocycles. The van der Waals surface area contributed by atoms with Crippen molar-refractivity contribution in [3.63, 3.8) is 0 Å². The number of halogens is 1. The van der Waals surface area contributed by atoms with E-state index in [1.165, 1.54) is 18.3 Å². The average Bonchev–Trinajstić information content (AvgIpc) is 3.36. The number of aliphatic hydroxyl groups excluding tert-OH is 1. The Morgan fingerprint density at radius 1 is 1.10 bits per heavy atom. The van der Waals surface area contributed by atoms with E-state index >= 15 is 0 Å². The first kappa shape index (κ1) is 20.0. The number of rotatable bonds is 5. The zero-order valence-electron chi connectivity index (χ0n) is 16.0. The van der Waals surface area contributed by atoms with E-state index in [0.29, 0.717) is 22.6 Å². The molecule has 0 bridgehead atoms. The maximum absolute atomic E-state index is 13.0. The number of para-hydroxylation sites is 1. The summed E-state index contributed by atoms with van der Waals surface area (Å²) in [6.45, 7) is 0.0808. The minimum Gasteiger partial charge on any atom is -0.507 e. The Morgan fingerprint density at radius 2 is 1.83 bits per heavy atom. The Balaban J connectivity index is 1.90. The van der Waals surface area contributed by atoms with E-state index < -0.39 is 17.7 Å². The molecule has 1 saturated heterocycles. The van der Waals surface area contributed by atoms with Crippen molar-refractivity contribution < 1.29 is 23.8 Å². The van der Waals surface area contributed by atoms with Crippen LogP contribution in [-0.2, 0) is 16.1 Å². The molecule has 1 atom stereocenters. The molecule has 6 nitrogen and oxygen atoms in total. The normalized spacial score (nSPS) is 18.1. The monoisotopic (exact) mass is 467 g/mol. The van der Waals surface area contributed by atoms with Crippen LogP contribution in [0.5, 0.6) is 5.75 Å². The highest BCUT2D eigenvalue weighted by Crippen LogP contribution is 2.43. The van der Waals surface area contributed by atoms with E-state index in [9.17, 15) is 14.7 Å². The second-order valence-corrected chi connectivity index (χ2v) is 7.67. The molecule has 1 aliphatic rings. The summed E-state index contributed by atoms with van der Waals surface area (Å²) in [6.07, 6.45) is 1.51. The molecule has 1 unspecified atom stereocenters. The summed E-state index contributed by atoms with van der Waals surface area (Å²) in [7, 11) is 1.52. The van der Waals surface area contributed by atoms with Crippen LogP contribution in [0.1, 0.15) is 22.9 Å². The van der Waals surface area contributed by atoms with E-state index in [1.54, 1.807) is 60.7 Å². The molecule has 0 radical (unpaired) electrons. The molecule has 1 amide bonds. The minimum atomic E-state index is -0.824. The largest absolute Gasteiger partial charge is 0.507 e. The third-order valence-electron chi connectivity index (χ3n) is 5.00. The van der Waals surface area contributed by atoms with Gasteiger partial charge in [-0.15, -0.1) is 0 Å². The standard InChI is InChI=1S/C23H18BrNO5/c1-29-18-7-3-2-6-17(18)20-19(21(26)14-8-10-15(24)11-9-14)22(27)23(28)25(20)13-16-5-4-12-30-16/h2-12,20,26H,13H2,1H3/b21-19-. The van der Waals surface area contributed by atoms with Crippen LogP contribution in [0.4, 0.5) is 0 Å². The number of amides is 1. The molecule has 152 valence electrons.